The number of nitrogens with zero attached hydrogens (tertiary/aromatic N) is 3. The topological polar surface area (TPSA) is 130 Å². The lowest BCUT2D eigenvalue weighted by Crippen LogP contribution is -2.38. The molecule has 2 N–H and O–H groups in total. The number of carboxylic acid groups (broad SMARTS) is 1. The van der Waals surface area contributed by atoms with Gasteiger partial charge < -0.3 is 10.4 Å². The maximum atomic E-state index is 12.4. The first-order valence-electron chi connectivity index (χ1n) is 5.99. The van der Waals surface area contributed by atoms with Gasteiger partial charge in [-0.05, 0) is 13.8 Å². The number of carbonyl (C=O) groups excluding carboxylic acids is 1. The van der Waals surface area contributed by atoms with E-state index in [4.69, 9.17) is 5.11 Å². The van der Waals surface area contributed by atoms with Crippen LogP contribution in [0.3, 0.4) is 0 Å². The van der Waals surface area contributed by atoms with Crippen LogP contribution in [0, 0.1) is 0 Å². The molecule has 0 unspecified atom stereocenters. The van der Waals surface area contributed by atoms with Crippen LogP contribution in [-0.4, -0.2) is 52.5 Å². The molecule has 0 atom stereocenters. The summed E-state index contributed by atoms with van der Waals surface area (Å²) in [6.45, 7) is 4.37. The SMILES string of the molecule is CC(=O)Nc1nnc(S(=O)(=O)N(CCC(=O)O)C(C)C)s1. The average Bonchev–Trinajstić information content (AvgIpc) is 2.76. The van der Waals surface area contributed by atoms with Crippen molar-refractivity contribution in [1.82, 2.24) is 14.5 Å². The lowest BCUT2D eigenvalue weighted by atomic mass is 10.3. The van der Waals surface area contributed by atoms with Crippen LogP contribution < -0.4 is 5.32 Å². The third kappa shape index (κ3) is 4.72. The fourth-order valence-electron chi connectivity index (χ4n) is 1.48. The van der Waals surface area contributed by atoms with Crippen molar-refractivity contribution in [2.75, 3.05) is 11.9 Å². The molecular weight excluding hydrogens is 320 g/mol. The van der Waals surface area contributed by atoms with Crippen molar-refractivity contribution in [3.05, 3.63) is 0 Å². The Bertz CT molecular complexity index is 625. The number of carboxylic acids is 1. The minimum absolute atomic E-state index is 0.0722. The monoisotopic (exact) mass is 336 g/mol. The summed E-state index contributed by atoms with van der Waals surface area (Å²) >= 11 is 0.717. The number of hydrogen-bond donors (Lipinski definition) is 2. The highest BCUT2D eigenvalue weighted by Crippen LogP contribution is 2.24. The van der Waals surface area contributed by atoms with Crippen molar-refractivity contribution >= 4 is 38.4 Å². The lowest BCUT2D eigenvalue weighted by molar-refractivity contribution is -0.137. The number of anilines is 1. The van der Waals surface area contributed by atoms with Crippen LogP contribution in [0.25, 0.3) is 0 Å². The quantitative estimate of drug-likeness (QED) is 0.688. The van der Waals surface area contributed by atoms with E-state index in [1.165, 1.54) is 6.92 Å². The van der Waals surface area contributed by atoms with E-state index < -0.39 is 22.0 Å². The Morgan fingerprint density at radius 1 is 1.38 bits per heavy atom. The van der Waals surface area contributed by atoms with Crippen molar-refractivity contribution in [3.63, 3.8) is 0 Å². The van der Waals surface area contributed by atoms with Crippen LogP contribution in [0.2, 0.25) is 0 Å². The zero-order valence-electron chi connectivity index (χ0n) is 11.7. The van der Waals surface area contributed by atoms with Gasteiger partial charge in [-0.25, -0.2) is 8.42 Å². The summed E-state index contributed by atoms with van der Waals surface area (Å²) in [5.41, 5.74) is 0. The highest BCUT2D eigenvalue weighted by molar-refractivity contribution is 7.91. The van der Waals surface area contributed by atoms with Gasteiger partial charge in [0.05, 0.1) is 6.42 Å². The second kappa shape index (κ2) is 6.91. The van der Waals surface area contributed by atoms with Crippen molar-refractivity contribution < 1.29 is 23.1 Å². The maximum absolute atomic E-state index is 12.4. The number of carbonyl (C=O) groups is 2. The van der Waals surface area contributed by atoms with Gasteiger partial charge in [0, 0.05) is 19.5 Å². The van der Waals surface area contributed by atoms with Crippen molar-refractivity contribution in [2.45, 2.75) is 37.6 Å². The van der Waals surface area contributed by atoms with E-state index in [1.54, 1.807) is 13.8 Å². The Morgan fingerprint density at radius 2 is 2.00 bits per heavy atom. The zero-order chi connectivity index (χ0) is 16.2. The molecular formula is C10H16N4O5S2. The summed E-state index contributed by atoms with van der Waals surface area (Å²) < 4.78 is 25.6. The highest BCUT2D eigenvalue weighted by Gasteiger charge is 2.31. The van der Waals surface area contributed by atoms with Crippen LogP contribution >= 0.6 is 11.3 Å². The molecule has 0 aromatic carbocycles. The van der Waals surface area contributed by atoms with Crippen LogP contribution in [0.1, 0.15) is 27.2 Å². The molecule has 0 radical (unpaired) electrons. The van der Waals surface area contributed by atoms with E-state index in [9.17, 15) is 18.0 Å². The molecule has 0 aliphatic heterocycles. The molecule has 9 nitrogen and oxygen atoms in total. The third-order valence-corrected chi connectivity index (χ3v) is 5.60. The predicted octanol–water partition coefficient (Wildman–Crippen LogP) is 0.370. The van der Waals surface area contributed by atoms with Gasteiger partial charge in [-0.1, -0.05) is 11.3 Å². The summed E-state index contributed by atoms with van der Waals surface area (Å²) in [6, 6.07) is -0.428. The standard InChI is InChI=1S/C10H16N4O5S2/c1-6(2)14(5-4-8(16)17)21(18,19)10-13-12-9(20-10)11-7(3)15/h6H,4-5H2,1-3H3,(H,16,17)(H,11,12,15). The number of sulfonamides is 1. The fourth-order valence-corrected chi connectivity index (χ4v) is 4.18. The van der Waals surface area contributed by atoms with E-state index in [0.29, 0.717) is 11.3 Å². The number of aromatic nitrogens is 2. The summed E-state index contributed by atoms with van der Waals surface area (Å²) in [6.07, 6.45) is -0.311. The number of hydrogen-bond acceptors (Lipinski definition) is 7. The van der Waals surface area contributed by atoms with E-state index in [0.717, 1.165) is 4.31 Å². The van der Waals surface area contributed by atoms with Gasteiger partial charge in [0.2, 0.25) is 15.4 Å². The van der Waals surface area contributed by atoms with E-state index in [-0.39, 0.29) is 28.3 Å². The van der Waals surface area contributed by atoms with Gasteiger partial charge in [0.25, 0.3) is 10.0 Å². The van der Waals surface area contributed by atoms with Crippen molar-refractivity contribution in [3.8, 4) is 0 Å². The predicted molar refractivity (Wildman–Crippen MR) is 75.5 cm³/mol. The first-order valence-corrected chi connectivity index (χ1v) is 8.25. The Kier molecular flexibility index (Phi) is 5.75. The molecule has 0 aliphatic rings. The van der Waals surface area contributed by atoms with Gasteiger partial charge in [-0.2, -0.15) is 4.31 Å². The molecule has 11 heteroatoms. The first-order chi connectivity index (χ1) is 9.64. The second-order valence-corrected chi connectivity index (χ2v) is 7.45. The number of rotatable bonds is 7. The zero-order valence-corrected chi connectivity index (χ0v) is 13.4. The summed E-state index contributed by atoms with van der Waals surface area (Å²) in [4.78, 5) is 21.5. The molecule has 1 aromatic heterocycles. The fraction of sp³-hybridized carbons (Fsp3) is 0.600. The van der Waals surface area contributed by atoms with Gasteiger partial charge in [0.1, 0.15) is 0 Å². The minimum Gasteiger partial charge on any atom is -0.481 e. The number of nitrogens with one attached hydrogen (secondary N) is 1. The van der Waals surface area contributed by atoms with Crippen LogP contribution in [-0.2, 0) is 19.6 Å². The van der Waals surface area contributed by atoms with Crippen LogP contribution in [0.5, 0.6) is 0 Å². The molecule has 21 heavy (non-hydrogen) atoms. The Balaban J connectivity index is 3.02. The Hall–Kier alpha value is -1.59. The summed E-state index contributed by atoms with van der Waals surface area (Å²) in [5, 5.41) is 18.2. The molecule has 0 bridgehead atoms. The number of amides is 1. The molecule has 118 valence electrons. The largest absolute Gasteiger partial charge is 0.481 e. The van der Waals surface area contributed by atoms with Gasteiger partial charge in [0.15, 0.2) is 0 Å². The molecule has 0 spiro atoms. The Labute approximate surface area is 126 Å². The normalized spacial score (nSPS) is 11.9. The van der Waals surface area contributed by atoms with E-state index in [1.807, 2.05) is 0 Å². The number of aliphatic carboxylic acids is 1. The molecule has 1 heterocycles. The second-order valence-electron chi connectivity index (χ2n) is 4.41. The molecule has 1 rings (SSSR count). The first kappa shape index (κ1) is 17.5. The highest BCUT2D eigenvalue weighted by atomic mass is 32.2. The third-order valence-electron chi connectivity index (χ3n) is 2.34. The van der Waals surface area contributed by atoms with Crippen molar-refractivity contribution in [2.24, 2.45) is 0 Å². The molecule has 0 saturated heterocycles. The molecule has 1 amide bonds. The lowest BCUT2D eigenvalue weighted by Gasteiger charge is -2.23. The van der Waals surface area contributed by atoms with Gasteiger partial charge in [-0.15, -0.1) is 10.2 Å². The molecule has 0 saturated carbocycles. The average molecular weight is 336 g/mol. The van der Waals surface area contributed by atoms with E-state index in [2.05, 4.69) is 15.5 Å². The van der Waals surface area contributed by atoms with Gasteiger partial charge in [-0.3, -0.25) is 9.59 Å². The van der Waals surface area contributed by atoms with Crippen LogP contribution in [0.4, 0.5) is 5.13 Å². The summed E-state index contributed by atoms with van der Waals surface area (Å²) in [5.74, 6) is -1.48. The summed E-state index contributed by atoms with van der Waals surface area (Å²) in [7, 11) is -3.95. The smallest absolute Gasteiger partial charge is 0.304 e. The van der Waals surface area contributed by atoms with E-state index >= 15 is 0 Å². The van der Waals surface area contributed by atoms with Gasteiger partial charge >= 0.3 is 5.97 Å². The minimum atomic E-state index is -3.95. The van der Waals surface area contributed by atoms with Crippen LogP contribution in [0.15, 0.2) is 4.34 Å². The molecule has 0 fully saturated rings. The molecule has 1 aromatic rings. The maximum Gasteiger partial charge on any atom is 0.304 e. The molecule has 0 aliphatic carbocycles. The van der Waals surface area contributed by atoms with Crippen molar-refractivity contribution in [1.29, 1.82) is 0 Å². The Morgan fingerprint density at radius 3 is 2.48 bits per heavy atom.